The van der Waals surface area contributed by atoms with Gasteiger partial charge in [0.15, 0.2) is 8.07 Å². The van der Waals surface area contributed by atoms with Gasteiger partial charge in [-0.25, -0.2) is 19.1 Å². The largest absolute Gasteiger partial charge is 0.465 e. The van der Waals surface area contributed by atoms with E-state index in [1.165, 1.54) is 21.3 Å². The number of ether oxygens (including phenoxy) is 3. The highest BCUT2D eigenvalue weighted by Gasteiger charge is 2.33. The van der Waals surface area contributed by atoms with Crippen LogP contribution >= 0.6 is 8.07 Å². The van der Waals surface area contributed by atoms with E-state index in [1.807, 2.05) is 66.7 Å². The Morgan fingerprint density at radius 2 is 0.842 bits per heavy atom. The fourth-order valence-electron chi connectivity index (χ4n) is 4.04. The maximum atomic E-state index is 12.1. The quantitative estimate of drug-likeness (QED) is 0.182. The van der Waals surface area contributed by atoms with Gasteiger partial charge >= 0.3 is 17.9 Å². The van der Waals surface area contributed by atoms with Crippen LogP contribution in [0.25, 0.3) is 0 Å². The number of methoxy groups -OCH3 is 3. The third-order valence-corrected chi connectivity index (χ3v) is 8.67. The van der Waals surface area contributed by atoms with Crippen molar-refractivity contribution in [2.45, 2.75) is 0 Å². The van der Waals surface area contributed by atoms with Crippen molar-refractivity contribution in [2.75, 3.05) is 26.0 Å². The first kappa shape index (κ1) is 26.6. The lowest BCUT2D eigenvalue weighted by atomic mass is 10.2. The Hall–Kier alpha value is -4.48. The SMILES string of the molecule is COC(=O)c1ccc(N(c2ccccc2)[PH+](c2ccc(C(=O)OC)cc2)c2ccc(C(=O)OC)cc2)cc1. The van der Waals surface area contributed by atoms with Crippen LogP contribution in [0.2, 0.25) is 0 Å². The highest BCUT2D eigenvalue weighted by molar-refractivity contribution is 7.74. The molecule has 0 aliphatic carbocycles. The van der Waals surface area contributed by atoms with E-state index in [-0.39, 0.29) is 0 Å². The number of nitrogens with zero attached hydrogens (tertiary/aromatic N) is 1. The molecule has 0 amide bonds. The highest BCUT2D eigenvalue weighted by Crippen LogP contribution is 2.48. The standard InChI is InChI=1S/C30H26NO6P/c1-35-28(32)21-9-15-25(16-10-21)31(24-7-5-4-6-8-24)38(26-17-11-22(12-18-26)29(33)36-2)27-19-13-23(14-20-27)30(34)37-3/h4-20H,1-3H3/p+1. The highest BCUT2D eigenvalue weighted by atomic mass is 31.1. The third kappa shape index (κ3) is 5.74. The van der Waals surface area contributed by atoms with Crippen molar-refractivity contribution in [3.8, 4) is 0 Å². The molecule has 0 saturated heterocycles. The summed E-state index contributed by atoms with van der Waals surface area (Å²) in [5.74, 6) is -1.23. The van der Waals surface area contributed by atoms with Crippen molar-refractivity contribution in [1.82, 2.24) is 0 Å². The van der Waals surface area contributed by atoms with Crippen LogP contribution in [0.5, 0.6) is 0 Å². The average molecular weight is 529 g/mol. The summed E-state index contributed by atoms with van der Waals surface area (Å²) in [6, 6.07) is 31.8. The van der Waals surface area contributed by atoms with E-state index >= 15 is 0 Å². The van der Waals surface area contributed by atoms with Gasteiger partial charge in [-0.05, 0) is 84.9 Å². The maximum absolute atomic E-state index is 12.1. The Morgan fingerprint density at radius 1 is 0.500 bits per heavy atom. The van der Waals surface area contributed by atoms with E-state index in [0.29, 0.717) is 16.7 Å². The lowest BCUT2D eigenvalue weighted by molar-refractivity contribution is 0.0592. The van der Waals surface area contributed by atoms with Crippen LogP contribution in [0.15, 0.2) is 103 Å². The van der Waals surface area contributed by atoms with E-state index in [2.05, 4.69) is 4.67 Å². The van der Waals surface area contributed by atoms with Gasteiger partial charge in [0.25, 0.3) is 0 Å². The van der Waals surface area contributed by atoms with Gasteiger partial charge in [0.05, 0.1) is 49.4 Å². The van der Waals surface area contributed by atoms with Gasteiger partial charge in [-0.1, -0.05) is 18.2 Å². The molecule has 38 heavy (non-hydrogen) atoms. The molecule has 0 unspecified atom stereocenters. The molecule has 4 aromatic rings. The van der Waals surface area contributed by atoms with Crippen molar-refractivity contribution < 1.29 is 28.6 Å². The van der Waals surface area contributed by atoms with Gasteiger partial charge in [-0.3, -0.25) is 0 Å². The monoisotopic (exact) mass is 528 g/mol. The van der Waals surface area contributed by atoms with E-state index in [9.17, 15) is 14.4 Å². The first-order valence-electron chi connectivity index (χ1n) is 11.7. The van der Waals surface area contributed by atoms with E-state index < -0.39 is 26.0 Å². The Kier molecular flexibility index (Phi) is 8.51. The molecule has 0 fully saturated rings. The molecule has 4 aromatic carbocycles. The molecule has 7 nitrogen and oxygen atoms in total. The lowest BCUT2D eigenvalue weighted by Crippen LogP contribution is -2.25. The van der Waals surface area contributed by atoms with Crippen LogP contribution in [0.4, 0.5) is 11.4 Å². The van der Waals surface area contributed by atoms with Crippen molar-refractivity contribution >= 4 is 48.0 Å². The third-order valence-electron chi connectivity index (χ3n) is 5.94. The topological polar surface area (TPSA) is 82.1 Å². The zero-order chi connectivity index (χ0) is 27.1. The minimum Gasteiger partial charge on any atom is -0.465 e. The second kappa shape index (κ2) is 12.2. The molecule has 4 rings (SSSR count). The smallest absolute Gasteiger partial charge is 0.337 e. The number of para-hydroxylation sites is 1. The number of esters is 3. The minimum absolute atomic E-state index is 0.411. The summed E-state index contributed by atoms with van der Waals surface area (Å²) in [6.07, 6.45) is 0. The zero-order valence-corrected chi connectivity index (χ0v) is 22.2. The number of carbonyl (C=O) groups is 3. The average Bonchev–Trinajstić information content (AvgIpc) is 2.99. The molecule has 0 N–H and O–H groups in total. The molecule has 0 heterocycles. The fourth-order valence-corrected chi connectivity index (χ4v) is 6.67. The Morgan fingerprint density at radius 3 is 1.21 bits per heavy atom. The summed E-state index contributed by atoms with van der Waals surface area (Å²) in [5, 5.41) is 1.99. The summed E-state index contributed by atoms with van der Waals surface area (Å²) < 4.78 is 16.8. The molecule has 0 aliphatic heterocycles. The molecule has 8 heteroatoms. The molecular formula is C30H27NO6P+. The maximum Gasteiger partial charge on any atom is 0.337 e. The summed E-state index contributed by atoms with van der Waals surface area (Å²) in [6.45, 7) is 0. The Bertz CT molecular complexity index is 1340. The van der Waals surface area contributed by atoms with E-state index in [0.717, 1.165) is 22.0 Å². The molecule has 0 spiro atoms. The van der Waals surface area contributed by atoms with Gasteiger partial charge in [-0.2, -0.15) is 0 Å². The number of carbonyl (C=O) groups excluding carboxylic acids is 3. The van der Waals surface area contributed by atoms with E-state index in [4.69, 9.17) is 14.2 Å². The zero-order valence-electron chi connectivity index (χ0n) is 21.2. The van der Waals surface area contributed by atoms with Crippen LogP contribution in [-0.2, 0) is 14.2 Å². The van der Waals surface area contributed by atoms with Crippen molar-refractivity contribution in [1.29, 1.82) is 0 Å². The second-order valence-electron chi connectivity index (χ2n) is 8.20. The lowest BCUT2D eigenvalue weighted by Gasteiger charge is -2.27. The molecule has 0 aliphatic rings. The van der Waals surface area contributed by atoms with Gasteiger partial charge in [0, 0.05) is 0 Å². The van der Waals surface area contributed by atoms with Crippen molar-refractivity contribution in [3.63, 3.8) is 0 Å². The van der Waals surface area contributed by atoms with Gasteiger partial charge in [-0.15, -0.1) is 0 Å². The second-order valence-corrected chi connectivity index (χ2v) is 10.5. The Labute approximate surface area is 222 Å². The number of hydrogen-bond donors (Lipinski definition) is 0. The predicted octanol–water partition coefficient (Wildman–Crippen LogP) is 4.96. The number of anilines is 2. The van der Waals surface area contributed by atoms with Crippen LogP contribution in [-0.4, -0.2) is 39.2 Å². The molecule has 0 atom stereocenters. The fraction of sp³-hybridized carbons (Fsp3) is 0.100. The van der Waals surface area contributed by atoms with Crippen LogP contribution in [0.3, 0.4) is 0 Å². The first-order chi connectivity index (χ1) is 18.5. The van der Waals surface area contributed by atoms with Gasteiger partial charge in [0.1, 0.15) is 10.6 Å². The van der Waals surface area contributed by atoms with E-state index in [1.54, 1.807) is 36.4 Å². The van der Waals surface area contributed by atoms with Gasteiger partial charge < -0.3 is 14.2 Å². The molecule has 0 saturated carbocycles. The summed E-state index contributed by atoms with van der Waals surface area (Å²) >= 11 is 0. The molecule has 0 radical (unpaired) electrons. The van der Waals surface area contributed by atoms with Crippen LogP contribution < -0.4 is 15.3 Å². The van der Waals surface area contributed by atoms with Gasteiger partial charge in [0.2, 0.25) is 0 Å². The minimum atomic E-state index is -1.76. The van der Waals surface area contributed by atoms with Crippen molar-refractivity contribution in [3.05, 3.63) is 120 Å². The summed E-state index contributed by atoms with van der Waals surface area (Å²) in [4.78, 5) is 36.2. The Balaban J connectivity index is 1.89. The van der Waals surface area contributed by atoms with Crippen LogP contribution in [0.1, 0.15) is 31.1 Å². The molecule has 0 aromatic heterocycles. The molecular weight excluding hydrogens is 501 g/mol. The number of hydrogen-bond acceptors (Lipinski definition) is 7. The van der Waals surface area contributed by atoms with Crippen LogP contribution in [0, 0.1) is 0 Å². The first-order valence-corrected chi connectivity index (χ1v) is 13.2. The van der Waals surface area contributed by atoms with Crippen molar-refractivity contribution in [2.24, 2.45) is 0 Å². The predicted molar refractivity (Wildman–Crippen MR) is 150 cm³/mol. The number of benzene rings is 4. The summed E-state index contributed by atoms with van der Waals surface area (Å²) in [5.41, 5.74) is 3.16. The molecule has 0 bridgehead atoms. The normalized spacial score (nSPS) is 10.5. The summed E-state index contributed by atoms with van der Waals surface area (Å²) in [7, 11) is 2.29. The molecule has 192 valence electrons. The number of rotatable bonds is 8.